The number of nitrogens with zero attached hydrogens (tertiary/aromatic N) is 1. The van der Waals surface area contributed by atoms with Gasteiger partial charge in [0.2, 0.25) is 5.91 Å². The Morgan fingerprint density at radius 3 is 2.95 bits per heavy atom. The van der Waals surface area contributed by atoms with Gasteiger partial charge in [-0.3, -0.25) is 4.79 Å². The van der Waals surface area contributed by atoms with E-state index in [-0.39, 0.29) is 5.91 Å². The molecule has 1 atom stereocenters. The van der Waals surface area contributed by atoms with Crippen molar-refractivity contribution in [2.45, 2.75) is 26.2 Å². The Labute approximate surface area is 131 Å². The minimum absolute atomic E-state index is 0.0508. The Hall–Kier alpha value is -1.75. The second-order valence-electron chi connectivity index (χ2n) is 6.20. The van der Waals surface area contributed by atoms with Gasteiger partial charge in [0, 0.05) is 31.3 Å². The molecule has 0 spiro atoms. The molecule has 22 heavy (non-hydrogen) atoms. The summed E-state index contributed by atoms with van der Waals surface area (Å²) in [4.78, 5) is 14.5. The van der Waals surface area contributed by atoms with Crippen LogP contribution in [-0.4, -0.2) is 43.7 Å². The minimum atomic E-state index is 0.0508. The molecule has 1 fully saturated rings. The van der Waals surface area contributed by atoms with Crippen molar-refractivity contribution >= 4 is 11.6 Å². The molecule has 1 saturated heterocycles. The molecular formula is C17H24N2O3. The fourth-order valence-corrected chi connectivity index (χ4v) is 3.09. The van der Waals surface area contributed by atoms with E-state index >= 15 is 0 Å². The summed E-state index contributed by atoms with van der Waals surface area (Å²) in [6.45, 7) is 6.46. The van der Waals surface area contributed by atoms with Crippen LogP contribution in [0.5, 0.6) is 11.5 Å². The van der Waals surface area contributed by atoms with Crippen molar-refractivity contribution in [2.24, 2.45) is 5.92 Å². The van der Waals surface area contributed by atoms with Crippen LogP contribution < -0.4 is 14.8 Å². The summed E-state index contributed by atoms with van der Waals surface area (Å²) in [5.41, 5.74) is 0.765. The molecule has 3 rings (SSSR count). The lowest BCUT2D eigenvalue weighted by atomic mass is 10.0. The third-order valence-corrected chi connectivity index (χ3v) is 4.22. The van der Waals surface area contributed by atoms with Crippen molar-refractivity contribution in [2.75, 3.05) is 38.2 Å². The van der Waals surface area contributed by atoms with Crippen LogP contribution in [0.25, 0.3) is 0 Å². The zero-order chi connectivity index (χ0) is 15.4. The highest BCUT2D eigenvalue weighted by atomic mass is 16.6. The van der Waals surface area contributed by atoms with Crippen molar-refractivity contribution in [3.8, 4) is 11.5 Å². The molecule has 1 unspecified atom stereocenters. The molecule has 0 radical (unpaired) electrons. The van der Waals surface area contributed by atoms with E-state index in [0.717, 1.165) is 37.0 Å². The molecule has 0 aliphatic carbocycles. The first-order valence-electron chi connectivity index (χ1n) is 8.12. The van der Waals surface area contributed by atoms with Crippen LogP contribution in [-0.2, 0) is 4.79 Å². The summed E-state index contributed by atoms with van der Waals surface area (Å²) in [5.74, 6) is 2.24. The quantitative estimate of drug-likeness (QED) is 0.928. The normalized spacial score (nSPS) is 21.4. The van der Waals surface area contributed by atoms with Crippen molar-refractivity contribution in [3.63, 3.8) is 0 Å². The van der Waals surface area contributed by atoms with Gasteiger partial charge in [-0.1, -0.05) is 6.92 Å². The van der Waals surface area contributed by atoms with E-state index < -0.39 is 0 Å². The molecule has 0 saturated carbocycles. The largest absolute Gasteiger partial charge is 0.486 e. The molecule has 1 aromatic rings. The molecule has 1 amide bonds. The molecule has 2 heterocycles. The molecule has 0 aromatic heterocycles. The number of fused-ring (bicyclic) bond motifs is 1. The highest BCUT2D eigenvalue weighted by molar-refractivity contribution is 5.91. The van der Waals surface area contributed by atoms with Crippen molar-refractivity contribution in [1.82, 2.24) is 4.90 Å². The van der Waals surface area contributed by atoms with Gasteiger partial charge in [-0.05, 0) is 37.4 Å². The van der Waals surface area contributed by atoms with E-state index in [0.29, 0.717) is 25.4 Å². The van der Waals surface area contributed by atoms with Crippen molar-refractivity contribution in [3.05, 3.63) is 18.2 Å². The zero-order valence-electron chi connectivity index (χ0n) is 13.1. The summed E-state index contributed by atoms with van der Waals surface area (Å²) in [6, 6.07) is 5.53. The SMILES string of the molecule is CC1CCCN(CCC(=O)Nc2ccc3c(c2)OCCO3)C1. The van der Waals surface area contributed by atoms with E-state index in [9.17, 15) is 4.79 Å². The molecular weight excluding hydrogens is 280 g/mol. The monoisotopic (exact) mass is 304 g/mol. The summed E-state index contributed by atoms with van der Waals surface area (Å²) >= 11 is 0. The maximum atomic E-state index is 12.1. The summed E-state index contributed by atoms with van der Waals surface area (Å²) in [7, 11) is 0. The van der Waals surface area contributed by atoms with Crippen molar-refractivity contribution < 1.29 is 14.3 Å². The number of nitrogens with one attached hydrogen (secondary N) is 1. The van der Waals surface area contributed by atoms with E-state index in [1.165, 1.54) is 12.8 Å². The van der Waals surface area contributed by atoms with Crippen LogP contribution in [0.1, 0.15) is 26.2 Å². The first-order valence-corrected chi connectivity index (χ1v) is 8.12. The lowest BCUT2D eigenvalue weighted by Gasteiger charge is -2.30. The van der Waals surface area contributed by atoms with Gasteiger partial charge < -0.3 is 19.7 Å². The Kier molecular flexibility index (Phi) is 4.83. The third kappa shape index (κ3) is 3.91. The van der Waals surface area contributed by atoms with Gasteiger partial charge in [0.15, 0.2) is 11.5 Å². The Bertz CT molecular complexity index is 533. The molecule has 2 aliphatic rings. The van der Waals surface area contributed by atoms with Gasteiger partial charge in [-0.15, -0.1) is 0 Å². The number of rotatable bonds is 4. The van der Waals surface area contributed by atoms with Gasteiger partial charge >= 0.3 is 0 Å². The van der Waals surface area contributed by atoms with Gasteiger partial charge in [0.25, 0.3) is 0 Å². The predicted molar refractivity (Wildman–Crippen MR) is 85.5 cm³/mol. The van der Waals surface area contributed by atoms with Crippen LogP contribution >= 0.6 is 0 Å². The van der Waals surface area contributed by atoms with E-state index in [2.05, 4.69) is 17.1 Å². The smallest absolute Gasteiger partial charge is 0.225 e. The maximum absolute atomic E-state index is 12.1. The van der Waals surface area contributed by atoms with Crippen LogP contribution in [0.15, 0.2) is 18.2 Å². The van der Waals surface area contributed by atoms with Crippen LogP contribution in [0.2, 0.25) is 0 Å². The molecule has 5 nitrogen and oxygen atoms in total. The molecule has 0 bridgehead atoms. The standard InChI is InChI=1S/C17H24N2O3/c1-13-3-2-7-19(12-13)8-6-17(20)18-14-4-5-15-16(11-14)22-10-9-21-15/h4-5,11,13H,2-3,6-10,12H2,1H3,(H,18,20). The average Bonchev–Trinajstić information content (AvgIpc) is 2.53. The number of likely N-dealkylation sites (tertiary alicyclic amines) is 1. The molecule has 2 aliphatic heterocycles. The number of hydrogen-bond donors (Lipinski definition) is 1. The number of anilines is 1. The first kappa shape index (κ1) is 15.2. The number of piperidine rings is 1. The van der Waals surface area contributed by atoms with Crippen LogP contribution in [0, 0.1) is 5.92 Å². The lowest BCUT2D eigenvalue weighted by molar-refractivity contribution is -0.116. The number of carbonyl (C=O) groups is 1. The van der Waals surface area contributed by atoms with E-state index in [1.807, 2.05) is 18.2 Å². The Balaban J connectivity index is 1.49. The summed E-state index contributed by atoms with van der Waals surface area (Å²) in [6.07, 6.45) is 3.08. The summed E-state index contributed by atoms with van der Waals surface area (Å²) < 4.78 is 11.0. The molecule has 1 aromatic carbocycles. The third-order valence-electron chi connectivity index (χ3n) is 4.22. The number of amides is 1. The minimum Gasteiger partial charge on any atom is -0.486 e. The molecule has 5 heteroatoms. The number of carbonyl (C=O) groups excluding carboxylic acids is 1. The second kappa shape index (κ2) is 7.01. The number of hydrogen-bond acceptors (Lipinski definition) is 4. The maximum Gasteiger partial charge on any atom is 0.225 e. The van der Waals surface area contributed by atoms with E-state index in [1.54, 1.807) is 0 Å². The predicted octanol–water partition coefficient (Wildman–Crippen LogP) is 2.52. The first-order chi connectivity index (χ1) is 10.7. The fraction of sp³-hybridized carbons (Fsp3) is 0.588. The van der Waals surface area contributed by atoms with Gasteiger partial charge in [-0.2, -0.15) is 0 Å². The van der Waals surface area contributed by atoms with Gasteiger partial charge in [0.1, 0.15) is 13.2 Å². The lowest BCUT2D eigenvalue weighted by Crippen LogP contribution is -2.36. The number of benzene rings is 1. The van der Waals surface area contributed by atoms with Gasteiger partial charge in [-0.25, -0.2) is 0 Å². The van der Waals surface area contributed by atoms with Gasteiger partial charge in [0.05, 0.1) is 0 Å². The van der Waals surface area contributed by atoms with Crippen molar-refractivity contribution in [1.29, 1.82) is 0 Å². The Morgan fingerprint density at radius 1 is 1.32 bits per heavy atom. The fourth-order valence-electron chi connectivity index (χ4n) is 3.09. The molecule has 1 N–H and O–H groups in total. The highest BCUT2D eigenvalue weighted by Crippen LogP contribution is 2.32. The van der Waals surface area contributed by atoms with E-state index in [4.69, 9.17) is 9.47 Å². The van der Waals surface area contributed by atoms with Crippen LogP contribution in [0.4, 0.5) is 5.69 Å². The summed E-state index contributed by atoms with van der Waals surface area (Å²) in [5, 5.41) is 2.94. The zero-order valence-corrected chi connectivity index (χ0v) is 13.1. The second-order valence-corrected chi connectivity index (χ2v) is 6.20. The van der Waals surface area contributed by atoms with Crippen LogP contribution in [0.3, 0.4) is 0 Å². The number of ether oxygens (including phenoxy) is 2. The molecule has 120 valence electrons. The topological polar surface area (TPSA) is 50.8 Å². The highest BCUT2D eigenvalue weighted by Gasteiger charge is 2.17. The average molecular weight is 304 g/mol. The Morgan fingerprint density at radius 2 is 2.14 bits per heavy atom.